The molecule has 0 aliphatic rings. The van der Waals surface area contributed by atoms with Gasteiger partial charge in [-0.1, -0.05) is 42.5 Å². The van der Waals surface area contributed by atoms with Gasteiger partial charge in [-0.2, -0.15) is 0 Å². The quantitative estimate of drug-likeness (QED) is 0.479. The lowest BCUT2D eigenvalue weighted by Gasteiger charge is -2.10. The first-order chi connectivity index (χ1) is 14.5. The molecule has 4 aromatic rings. The van der Waals surface area contributed by atoms with Crippen LogP contribution in [0.2, 0.25) is 0 Å². The van der Waals surface area contributed by atoms with Gasteiger partial charge in [0.15, 0.2) is 6.61 Å². The smallest absolute Gasteiger partial charge is 0.338 e. The van der Waals surface area contributed by atoms with Crippen molar-refractivity contribution in [3.63, 3.8) is 0 Å². The van der Waals surface area contributed by atoms with E-state index >= 15 is 0 Å². The predicted molar refractivity (Wildman–Crippen MR) is 116 cm³/mol. The van der Waals surface area contributed by atoms with Crippen LogP contribution in [0.3, 0.4) is 0 Å². The maximum absolute atomic E-state index is 12.4. The standard InChI is InChI=1S/C24H21N3O3/c1-15-8-9-16(2)20(12-15)25-22(28)14-30-24(29)18-10-11-19-21(13-18)27-23(26-19)17-6-4-3-5-7-17/h3-13H,14H2,1-2H3,(H,25,28)(H,26,27). The summed E-state index contributed by atoms with van der Waals surface area (Å²) in [5.41, 5.74) is 5.48. The molecule has 1 heterocycles. The van der Waals surface area contributed by atoms with Gasteiger partial charge >= 0.3 is 5.97 Å². The molecule has 1 amide bonds. The van der Waals surface area contributed by atoms with E-state index in [4.69, 9.17) is 4.74 Å². The molecule has 0 unspecified atom stereocenters. The number of esters is 1. The van der Waals surface area contributed by atoms with Crippen molar-refractivity contribution in [1.29, 1.82) is 0 Å². The molecule has 150 valence electrons. The number of amides is 1. The molecule has 0 saturated carbocycles. The zero-order chi connectivity index (χ0) is 21.1. The molecule has 0 bridgehead atoms. The van der Waals surface area contributed by atoms with Crippen molar-refractivity contribution in [3.8, 4) is 11.4 Å². The minimum Gasteiger partial charge on any atom is -0.452 e. The van der Waals surface area contributed by atoms with Crippen LogP contribution < -0.4 is 5.32 Å². The van der Waals surface area contributed by atoms with E-state index in [9.17, 15) is 9.59 Å². The number of carbonyl (C=O) groups excluding carboxylic acids is 2. The van der Waals surface area contributed by atoms with E-state index < -0.39 is 5.97 Å². The average molecular weight is 399 g/mol. The maximum Gasteiger partial charge on any atom is 0.338 e. The third-order valence-corrected chi connectivity index (χ3v) is 4.77. The van der Waals surface area contributed by atoms with Gasteiger partial charge in [0, 0.05) is 11.3 Å². The van der Waals surface area contributed by atoms with Gasteiger partial charge in [-0.05, 0) is 49.2 Å². The molecule has 0 radical (unpaired) electrons. The van der Waals surface area contributed by atoms with Crippen molar-refractivity contribution in [2.24, 2.45) is 0 Å². The highest BCUT2D eigenvalue weighted by Gasteiger charge is 2.13. The second-order valence-electron chi connectivity index (χ2n) is 7.13. The first kappa shape index (κ1) is 19.4. The third kappa shape index (κ3) is 4.22. The predicted octanol–water partition coefficient (Wildman–Crippen LogP) is 4.64. The third-order valence-electron chi connectivity index (χ3n) is 4.77. The fraction of sp³-hybridized carbons (Fsp3) is 0.125. The van der Waals surface area contributed by atoms with Gasteiger partial charge in [-0.15, -0.1) is 0 Å². The molecular formula is C24H21N3O3. The largest absolute Gasteiger partial charge is 0.452 e. The summed E-state index contributed by atoms with van der Waals surface area (Å²) in [4.78, 5) is 32.4. The zero-order valence-electron chi connectivity index (χ0n) is 16.7. The number of rotatable bonds is 5. The number of aromatic nitrogens is 2. The molecule has 0 aliphatic heterocycles. The first-order valence-corrected chi connectivity index (χ1v) is 9.59. The van der Waals surface area contributed by atoms with E-state index in [1.807, 2.05) is 62.4 Å². The number of H-pyrrole nitrogens is 1. The number of carbonyl (C=O) groups is 2. The number of hydrogen-bond acceptors (Lipinski definition) is 4. The van der Waals surface area contributed by atoms with Crippen LogP contribution in [0.1, 0.15) is 21.5 Å². The second-order valence-corrected chi connectivity index (χ2v) is 7.13. The van der Waals surface area contributed by atoms with Gasteiger partial charge in [0.1, 0.15) is 5.82 Å². The van der Waals surface area contributed by atoms with Crippen LogP contribution in [-0.4, -0.2) is 28.5 Å². The minimum atomic E-state index is -0.566. The molecule has 1 aromatic heterocycles. The number of aromatic amines is 1. The molecule has 2 N–H and O–H groups in total. The van der Waals surface area contributed by atoms with Crippen molar-refractivity contribution >= 4 is 28.6 Å². The number of anilines is 1. The van der Waals surface area contributed by atoms with Crippen LogP contribution in [0.5, 0.6) is 0 Å². The van der Waals surface area contributed by atoms with Crippen molar-refractivity contribution in [2.75, 3.05) is 11.9 Å². The highest BCUT2D eigenvalue weighted by Crippen LogP contribution is 2.21. The van der Waals surface area contributed by atoms with Crippen LogP contribution in [0, 0.1) is 13.8 Å². The number of hydrogen-bond donors (Lipinski definition) is 2. The maximum atomic E-state index is 12.4. The van der Waals surface area contributed by atoms with Crippen LogP contribution >= 0.6 is 0 Å². The van der Waals surface area contributed by atoms with Gasteiger partial charge in [-0.25, -0.2) is 9.78 Å². The molecular weight excluding hydrogens is 378 g/mol. The average Bonchev–Trinajstić information content (AvgIpc) is 3.18. The highest BCUT2D eigenvalue weighted by atomic mass is 16.5. The number of benzene rings is 3. The SMILES string of the molecule is Cc1ccc(C)c(NC(=O)COC(=O)c2ccc3nc(-c4ccccc4)[nH]c3c2)c1. The number of ether oxygens (including phenoxy) is 1. The Morgan fingerprint density at radius 1 is 1.00 bits per heavy atom. The summed E-state index contributed by atoms with van der Waals surface area (Å²) in [7, 11) is 0. The zero-order valence-corrected chi connectivity index (χ0v) is 16.7. The number of imidazole rings is 1. The monoisotopic (exact) mass is 399 g/mol. The molecule has 3 aromatic carbocycles. The van der Waals surface area contributed by atoms with E-state index in [0.717, 1.165) is 33.5 Å². The van der Waals surface area contributed by atoms with E-state index in [0.29, 0.717) is 11.3 Å². The number of fused-ring (bicyclic) bond motifs is 1. The Balaban J connectivity index is 1.43. The van der Waals surface area contributed by atoms with Crippen LogP contribution in [0.25, 0.3) is 22.4 Å². The normalized spacial score (nSPS) is 10.7. The molecule has 0 atom stereocenters. The van der Waals surface area contributed by atoms with E-state index in [1.54, 1.807) is 18.2 Å². The molecule has 0 spiro atoms. The number of nitrogens with zero attached hydrogens (tertiary/aromatic N) is 1. The van der Waals surface area contributed by atoms with E-state index in [2.05, 4.69) is 15.3 Å². The Kier molecular flexibility index (Phi) is 5.30. The Bertz CT molecular complexity index is 1230. The van der Waals surface area contributed by atoms with E-state index in [1.165, 1.54) is 0 Å². The van der Waals surface area contributed by atoms with Gasteiger partial charge < -0.3 is 15.0 Å². The van der Waals surface area contributed by atoms with Crippen molar-refractivity contribution in [1.82, 2.24) is 9.97 Å². The summed E-state index contributed by atoms with van der Waals surface area (Å²) in [6.45, 7) is 3.50. The molecule has 6 nitrogen and oxygen atoms in total. The lowest BCUT2D eigenvalue weighted by atomic mass is 10.1. The van der Waals surface area contributed by atoms with Crippen LogP contribution in [0.4, 0.5) is 5.69 Å². The Labute approximate surface area is 173 Å². The minimum absolute atomic E-state index is 0.352. The molecule has 0 saturated heterocycles. The van der Waals surface area contributed by atoms with Gasteiger partial charge in [0.05, 0.1) is 16.6 Å². The van der Waals surface area contributed by atoms with Gasteiger partial charge in [0.2, 0.25) is 0 Å². The lowest BCUT2D eigenvalue weighted by molar-refractivity contribution is -0.119. The molecule has 6 heteroatoms. The summed E-state index contributed by atoms with van der Waals surface area (Å²) < 4.78 is 5.19. The Morgan fingerprint density at radius 3 is 2.60 bits per heavy atom. The molecule has 4 rings (SSSR count). The Hall–Kier alpha value is -3.93. The Morgan fingerprint density at radius 2 is 1.80 bits per heavy atom. The number of aryl methyl sites for hydroxylation is 2. The van der Waals surface area contributed by atoms with Gasteiger partial charge in [0.25, 0.3) is 5.91 Å². The highest BCUT2D eigenvalue weighted by molar-refractivity contribution is 5.97. The topological polar surface area (TPSA) is 84.1 Å². The summed E-state index contributed by atoms with van der Waals surface area (Å²) in [5.74, 6) is -0.223. The summed E-state index contributed by atoms with van der Waals surface area (Å²) >= 11 is 0. The summed E-state index contributed by atoms with van der Waals surface area (Å²) in [5, 5.41) is 2.78. The van der Waals surface area contributed by atoms with Crippen molar-refractivity contribution in [3.05, 3.63) is 83.4 Å². The first-order valence-electron chi connectivity index (χ1n) is 9.59. The van der Waals surface area contributed by atoms with Crippen LogP contribution in [0.15, 0.2) is 66.7 Å². The lowest BCUT2D eigenvalue weighted by Crippen LogP contribution is -2.21. The van der Waals surface area contributed by atoms with Gasteiger partial charge in [-0.3, -0.25) is 4.79 Å². The van der Waals surface area contributed by atoms with Crippen molar-refractivity contribution < 1.29 is 14.3 Å². The fourth-order valence-electron chi connectivity index (χ4n) is 3.14. The second kappa shape index (κ2) is 8.21. The number of nitrogens with one attached hydrogen (secondary N) is 2. The fourth-order valence-corrected chi connectivity index (χ4v) is 3.14. The van der Waals surface area contributed by atoms with Crippen molar-refractivity contribution in [2.45, 2.75) is 13.8 Å². The van der Waals surface area contributed by atoms with E-state index in [-0.39, 0.29) is 12.5 Å². The molecule has 0 fully saturated rings. The summed E-state index contributed by atoms with van der Waals surface area (Å²) in [6.07, 6.45) is 0. The molecule has 30 heavy (non-hydrogen) atoms. The molecule has 0 aliphatic carbocycles. The summed E-state index contributed by atoms with van der Waals surface area (Å²) in [6, 6.07) is 20.6. The van der Waals surface area contributed by atoms with Crippen LogP contribution in [-0.2, 0) is 9.53 Å².